The largest absolute Gasteiger partial charge is 0.350 e. The molecule has 2 aliphatic carbocycles. The first-order valence-electron chi connectivity index (χ1n) is 8.42. The standard InChI is InChI=1S/C19H22N2O2/c1-12(22)21-11-16-14-7-8-15(9-14)17(16)18(21)19(23)20-10-13-5-3-2-4-6-13/h2-8,14-18H,9-11H2,1H3,(H,20,23)/t14-,15+,16-,17+,18+/m1/s1. The lowest BCUT2D eigenvalue weighted by molar-refractivity contribution is -0.138. The Balaban J connectivity index is 1.51. The maximum Gasteiger partial charge on any atom is 0.243 e. The van der Waals surface area contributed by atoms with E-state index >= 15 is 0 Å². The Labute approximate surface area is 136 Å². The summed E-state index contributed by atoms with van der Waals surface area (Å²) in [5.74, 6) is 1.78. The Kier molecular flexibility index (Phi) is 3.47. The van der Waals surface area contributed by atoms with Crippen LogP contribution in [0.1, 0.15) is 18.9 Å². The van der Waals surface area contributed by atoms with Crippen molar-refractivity contribution in [3.63, 3.8) is 0 Å². The van der Waals surface area contributed by atoms with Crippen LogP contribution in [-0.2, 0) is 16.1 Å². The molecule has 0 unspecified atom stereocenters. The van der Waals surface area contributed by atoms with E-state index in [9.17, 15) is 9.59 Å². The van der Waals surface area contributed by atoms with Crippen LogP contribution in [0, 0.1) is 23.7 Å². The molecule has 0 aromatic heterocycles. The van der Waals surface area contributed by atoms with Gasteiger partial charge in [-0.15, -0.1) is 0 Å². The number of rotatable bonds is 3. The molecule has 2 bridgehead atoms. The van der Waals surface area contributed by atoms with Crippen molar-refractivity contribution >= 4 is 11.8 Å². The van der Waals surface area contributed by atoms with E-state index in [1.807, 2.05) is 30.3 Å². The van der Waals surface area contributed by atoms with Crippen molar-refractivity contribution in [3.8, 4) is 0 Å². The minimum Gasteiger partial charge on any atom is -0.350 e. The van der Waals surface area contributed by atoms with Crippen LogP contribution in [0.25, 0.3) is 0 Å². The smallest absolute Gasteiger partial charge is 0.243 e. The van der Waals surface area contributed by atoms with Crippen molar-refractivity contribution < 1.29 is 9.59 Å². The molecule has 1 aromatic carbocycles. The molecule has 1 aliphatic heterocycles. The molecule has 120 valence electrons. The highest BCUT2D eigenvalue weighted by Crippen LogP contribution is 2.53. The van der Waals surface area contributed by atoms with Crippen molar-refractivity contribution in [1.82, 2.24) is 10.2 Å². The Morgan fingerprint density at radius 3 is 2.65 bits per heavy atom. The second kappa shape index (κ2) is 5.52. The van der Waals surface area contributed by atoms with Crippen molar-refractivity contribution in [2.24, 2.45) is 23.7 Å². The quantitative estimate of drug-likeness (QED) is 0.868. The number of nitrogens with zero attached hydrogens (tertiary/aromatic N) is 1. The van der Waals surface area contributed by atoms with Gasteiger partial charge in [-0.1, -0.05) is 42.5 Å². The van der Waals surface area contributed by atoms with Gasteiger partial charge in [-0.05, 0) is 35.7 Å². The molecule has 1 saturated heterocycles. The molecule has 3 aliphatic rings. The van der Waals surface area contributed by atoms with Crippen molar-refractivity contribution in [2.45, 2.75) is 25.9 Å². The molecule has 4 heteroatoms. The van der Waals surface area contributed by atoms with Gasteiger partial charge in [0.05, 0.1) is 0 Å². The van der Waals surface area contributed by atoms with E-state index in [0.29, 0.717) is 30.2 Å². The first-order chi connectivity index (χ1) is 11.1. The third kappa shape index (κ3) is 2.37. The molecular formula is C19H22N2O2. The molecule has 4 rings (SSSR count). The molecule has 1 aromatic rings. The van der Waals surface area contributed by atoms with E-state index in [4.69, 9.17) is 0 Å². The normalized spacial score (nSPS) is 33.8. The third-order valence-electron chi connectivity index (χ3n) is 5.78. The molecule has 5 atom stereocenters. The lowest BCUT2D eigenvalue weighted by Crippen LogP contribution is -2.48. The molecule has 0 radical (unpaired) electrons. The van der Waals surface area contributed by atoms with Crippen LogP contribution in [0.3, 0.4) is 0 Å². The van der Waals surface area contributed by atoms with Gasteiger partial charge in [-0.3, -0.25) is 9.59 Å². The molecule has 1 saturated carbocycles. The number of amides is 2. The Bertz CT molecular complexity index is 655. The van der Waals surface area contributed by atoms with Gasteiger partial charge >= 0.3 is 0 Å². The predicted molar refractivity (Wildman–Crippen MR) is 87.2 cm³/mol. The van der Waals surface area contributed by atoms with Gasteiger partial charge in [0.25, 0.3) is 0 Å². The summed E-state index contributed by atoms with van der Waals surface area (Å²) in [6.07, 6.45) is 5.70. The van der Waals surface area contributed by atoms with Crippen molar-refractivity contribution in [1.29, 1.82) is 0 Å². The predicted octanol–water partition coefficient (Wildman–Crippen LogP) is 1.97. The molecule has 0 spiro atoms. The minimum absolute atomic E-state index is 0.00231. The zero-order chi connectivity index (χ0) is 16.0. The van der Waals surface area contributed by atoms with Crippen LogP contribution < -0.4 is 5.32 Å². The van der Waals surface area contributed by atoms with Gasteiger partial charge in [0, 0.05) is 20.0 Å². The average molecular weight is 310 g/mol. The van der Waals surface area contributed by atoms with Crippen LogP contribution in [0.15, 0.2) is 42.5 Å². The maximum absolute atomic E-state index is 12.8. The number of benzene rings is 1. The minimum atomic E-state index is -0.304. The fraction of sp³-hybridized carbons (Fsp3) is 0.474. The summed E-state index contributed by atoms with van der Waals surface area (Å²) < 4.78 is 0. The van der Waals surface area contributed by atoms with Crippen LogP contribution >= 0.6 is 0 Å². The molecule has 23 heavy (non-hydrogen) atoms. The lowest BCUT2D eigenvalue weighted by atomic mass is 9.81. The molecule has 1 heterocycles. The SMILES string of the molecule is CC(=O)N1C[C@H]2[C@@H]([C@H]1C(=O)NCc1ccccc1)[C@H]1C=C[C@@H]2C1. The van der Waals surface area contributed by atoms with Gasteiger partial charge < -0.3 is 10.2 Å². The van der Waals surface area contributed by atoms with Crippen LogP contribution in [0.4, 0.5) is 0 Å². The maximum atomic E-state index is 12.8. The first kappa shape index (κ1) is 14.5. The number of allylic oxidation sites excluding steroid dienone is 2. The number of hydrogen-bond acceptors (Lipinski definition) is 2. The third-order valence-corrected chi connectivity index (χ3v) is 5.78. The summed E-state index contributed by atoms with van der Waals surface area (Å²) in [6.45, 7) is 2.83. The number of carbonyl (C=O) groups excluding carboxylic acids is 2. The molecule has 2 fully saturated rings. The molecule has 1 N–H and O–H groups in total. The zero-order valence-electron chi connectivity index (χ0n) is 13.3. The summed E-state index contributed by atoms with van der Waals surface area (Å²) in [5.41, 5.74) is 1.08. The van der Waals surface area contributed by atoms with Crippen molar-refractivity contribution in [3.05, 3.63) is 48.0 Å². The van der Waals surface area contributed by atoms with E-state index in [1.165, 1.54) is 0 Å². The van der Waals surface area contributed by atoms with E-state index in [1.54, 1.807) is 11.8 Å². The Morgan fingerprint density at radius 2 is 1.91 bits per heavy atom. The summed E-state index contributed by atoms with van der Waals surface area (Å²) in [5, 5.41) is 3.04. The lowest BCUT2D eigenvalue weighted by Gasteiger charge is -2.28. The van der Waals surface area contributed by atoms with Gasteiger partial charge in [0.2, 0.25) is 11.8 Å². The van der Waals surface area contributed by atoms with Crippen LogP contribution in [0.5, 0.6) is 0 Å². The number of nitrogens with one attached hydrogen (secondary N) is 1. The van der Waals surface area contributed by atoms with E-state index in [0.717, 1.165) is 18.5 Å². The van der Waals surface area contributed by atoms with Crippen LogP contribution in [-0.4, -0.2) is 29.3 Å². The first-order valence-corrected chi connectivity index (χ1v) is 8.42. The number of likely N-dealkylation sites (tertiary alicyclic amines) is 1. The molecular weight excluding hydrogens is 288 g/mol. The topological polar surface area (TPSA) is 49.4 Å². The monoisotopic (exact) mass is 310 g/mol. The Hall–Kier alpha value is -2.10. The average Bonchev–Trinajstić information content (AvgIpc) is 3.24. The van der Waals surface area contributed by atoms with Crippen LogP contribution in [0.2, 0.25) is 0 Å². The highest BCUT2D eigenvalue weighted by atomic mass is 16.2. The molecule has 2 amide bonds. The summed E-state index contributed by atoms with van der Waals surface area (Å²) in [4.78, 5) is 26.6. The fourth-order valence-electron chi connectivity index (χ4n) is 4.77. The summed E-state index contributed by atoms with van der Waals surface area (Å²) in [7, 11) is 0. The number of fused-ring (bicyclic) bond motifs is 5. The van der Waals surface area contributed by atoms with E-state index in [2.05, 4.69) is 17.5 Å². The highest BCUT2D eigenvalue weighted by molar-refractivity contribution is 5.88. The second-order valence-corrected chi connectivity index (χ2v) is 7.01. The summed E-state index contributed by atoms with van der Waals surface area (Å²) >= 11 is 0. The fourth-order valence-corrected chi connectivity index (χ4v) is 4.77. The van der Waals surface area contributed by atoms with Gasteiger partial charge in [0.15, 0.2) is 0 Å². The van der Waals surface area contributed by atoms with Crippen molar-refractivity contribution in [2.75, 3.05) is 6.54 Å². The Morgan fingerprint density at radius 1 is 1.17 bits per heavy atom. The molecule has 4 nitrogen and oxygen atoms in total. The van der Waals surface area contributed by atoms with Gasteiger partial charge in [-0.25, -0.2) is 0 Å². The van der Waals surface area contributed by atoms with E-state index in [-0.39, 0.29) is 17.9 Å². The van der Waals surface area contributed by atoms with E-state index < -0.39 is 0 Å². The number of hydrogen-bond donors (Lipinski definition) is 1. The zero-order valence-corrected chi connectivity index (χ0v) is 13.3. The summed E-state index contributed by atoms with van der Waals surface area (Å²) in [6, 6.07) is 9.60. The highest BCUT2D eigenvalue weighted by Gasteiger charge is 2.57. The van der Waals surface area contributed by atoms with Gasteiger partial charge in [0.1, 0.15) is 6.04 Å². The second-order valence-electron chi connectivity index (χ2n) is 7.01. The number of carbonyl (C=O) groups is 2. The van der Waals surface area contributed by atoms with Gasteiger partial charge in [-0.2, -0.15) is 0 Å².